The highest BCUT2D eigenvalue weighted by molar-refractivity contribution is 6.18. The van der Waals surface area contributed by atoms with Crippen LogP contribution in [0.3, 0.4) is 0 Å². The number of carbonyl (C=O) groups excluding carboxylic acids is 2. The lowest BCUT2D eigenvalue weighted by Gasteiger charge is -2.10. The Balaban J connectivity index is 4.15. The van der Waals surface area contributed by atoms with Gasteiger partial charge in [-0.1, -0.05) is 6.08 Å². The predicted molar refractivity (Wildman–Crippen MR) is 57.0 cm³/mol. The van der Waals surface area contributed by atoms with Crippen LogP contribution in [0.2, 0.25) is 0 Å². The first-order valence-corrected chi connectivity index (χ1v) is 5.32. The molecular formula is C9H12Cl2O4. The smallest absolute Gasteiger partial charge is 0.324 e. The third-order valence-electron chi connectivity index (χ3n) is 1.39. The summed E-state index contributed by atoms with van der Waals surface area (Å²) in [6, 6.07) is 0. The molecule has 0 rings (SSSR count). The normalized spacial score (nSPS) is 9.80. The molecule has 15 heavy (non-hydrogen) atoms. The summed E-state index contributed by atoms with van der Waals surface area (Å²) in [5.74, 6) is -2.20. The van der Waals surface area contributed by atoms with E-state index in [-0.39, 0.29) is 25.0 Å². The summed E-state index contributed by atoms with van der Waals surface area (Å²) in [4.78, 5) is 22.5. The van der Waals surface area contributed by atoms with E-state index in [0.717, 1.165) is 6.08 Å². The van der Waals surface area contributed by atoms with Gasteiger partial charge in [-0.3, -0.25) is 9.59 Å². The van der Waals surface area contributed by atoms with Crippen molar-refractivity contribution in [3.8, 4) is 0 Å². The van der Waals surface area contributed by atoms with Crippen molar-refractivity contribution in [1.82, 2.24) is 0 Å². The van der Waals surface area contributed by atoms with Crippen molar-refractivity contribution in [2.24, 2.45) is 5.92 Å². The summed E-state index contributed by atoms with van der Waals surface area (Å²) in [7, 11) is 0. The van der Waals surface area contributed by atoms with Gasteiger partial charge in [0, 0.05) is 0 Å². The third kappa shape index (κ3) is 5.64. The van der Waals surface area contributed by atoms with Crippen molar-refractivity contribution in [2.75, 3.05) is 25.0 Å². The zero-order chi connectivity index (χ0) is 11.7. The molecule has 86 valence electrons. The summed E-state index contributed by atoms with van der Waals surface area (Å²) in [5, 5.41) is 0. The highest BCUT2D eigenvalue weighted by Gasteiger charge is 2.26. The molecule has 0 fully saturated rings. The fraction of sp³-hybridized carbons (Fsp3) is 0.556. The van der Waals surface area contributed by atoms with Gasteiger partial charge in [-0.05, 0) is 0 Å². The van der Waals surface area contributed by atoms with Gasteiger partial charge in [-0.25, -0.2) is 0 Å². The number of hydrogen-bond acceptors (Lipinski definition) is 4. The van der Waals surface area contributed by atoms with Gasteiger partial charge in [-0.15, -0.1) is 29.8 Å². The SMILES string of the molecule is C=CC(C(=O)OCCCl)C(=O)OCCCl. The Morgan fingerprint density at radius 2 is 1.53 bits per heavy atom. The molecule has 0 saturated carbocycles. The van der Waals surface area contributed by atoms with Crippen molar-refractivity contribution in [2.45, 2.75) is 0 Å². The first kappa shape index (κ1) is 14.3. The number of alkyl halides is 2. The van der Waals surface area contributed by atoms with Crippen LogP contribution in [0.4, 0.5) is 0 Å². The minimum absolute atomic E-state index is 0.0491. The minimum Gasteiger partial charge on any atom is -0.464 e. The van der Waals surface area contributed by atoms with Gasteiger partial charge in [0.05, 0.1) is 11.8 Å². The van der Waals surface area contributed by atoms with E-state index in [1.807, 2.05) is 0 Å². The number of esters is 2. The van der Waals surface area contributed by atoms with Crippen LogP contribution < -0.4 is 0 Å². The number of rotatable bonds is 7. The van der Waals surface area contributed by atoms with E-state index in [9.17, 15) is 9.59 Å². The van der Waals surface area contributed by atoms with Crippen molar-refractivity contribution in [3.05, 3.63) is 12.7 Å². The van der Waals surface area contributed by atoms with Gasteiger partial charge in [-0.2, -0.15) is 0 Å². The topological polar surface area (TPSA) is 52.6 Å². The average Bonchev–Trinajstić information content (AvgIpc) is 2.24. The minimum atomic E-state index is -1.11. The molecule has 0 aromatic carbocycles. The Morgan fingerprint density at radius 3 is 1.80 bits per heavy atom. The van der Waals surface area contributed by atoms with Crippen molar-refractivity contribution < 1.29 is 19.1 Å². The molecule has 0 aromatic heterocycles. The lowest BCUT2D eigenvalue weighted by Crippen LogP contribution is -2.27. The van der Waals surface area contributed by atoms with Crippen LogP contribution in [0, 0.1) is 5.92 Å². The molecule has 0 heterocycles. The maximum Gasteiger partial charge on any atom is 0.324 e. The fourth-order valence-corrected chi connectivity index (χ4v) is 0.901. The van der Waals surface area contributed by atoms with E-state index in [2.05, 4.69) is 16.1 Å². The van der Waals surface area contributed by atoms with E-state index >= 15 is 0 Å². The van der Waals surface area contributed by atoms with Crippen LogP contribution in [0.5, 0.6) is 0 Å². The Bertz CT molecular complexity index is 210. The molecular weight excluding hydrogens is 243 g/mol. The Kier molecular flexibility index (Phi) is 8.14. The monoisotopic (exact) mass is 254 g/mol. The fourth-order valence-electron chi connectivity index (χ4n) is 0.747. The molecule has 0 radical (unpaired) electrons. The highest BCUT2D eigenvalue weighted by Crippen LogP contribution is 2.05. The number of carbonyl (C=O) groups is 2. The summed E-state index contributed by atoms with van der Waals surface area (Å²) < 4.78 is 9.34. The molecule has 0 aliphatic heterocycles. The first-order valence-electron chi connectivity index (χ1n) is 4.25. The Labute approximate surface area is 98.1 Å². The molecule has 0 spiro atoms. The summed E-state index contributed by atoms with van der Waals surface area (Å²) in [5.41, 5.74) is 0. The van der Waals surface area contributed by atoms with Gasteiger partial charge >= 0.3 is 11.9 Å². The molecule has 0 N–H and O–H groups in total. The zero-order valence-corrected chi connectivity index (χ0v) is 9.59. The standard InChI is InChI=1S/C9H12Cl2O4/c1-2-7(8(12)14-5-3-10)9(13)15-6-4-11/h2,7H,1,3-6H2. The van der Waals surface area contributed by atoms with Gasteiger partial charge in [0.1, 0.15) is 13.2 Å². The van der Waals surface area contributed by atoms with Gasteiger partial charge in [0.15, 0.2) is 5.92 Å². The van der Waals surface area contributed by atoms with E-state index < -0.39 is 17.9 Å². The summed E-state index contributed by atoms with van der Waals surface area (Å²) >= 11 is 10.6. The van der Waals surface area contributed by atoms with Crippen molar-refractivity contribution in [3.63, 3.8) is 0 Å². The maximum atomic E-state index is 11.3. The van der Waals surface area contributed by atoms with Crippen LogP contribution in [-0.2, 0) is 19.1 Å². The second kappa shape index (κ2) is 8.56. The Morgan fingerprint density at radius 1 is 1.13 bits per heavy atom. The van der Waals surface area contributed by atoms with E-state index in [0.29, 0.717) is 0 Å². The Hall–Kier alpha value is -0.740. The molecule has 0 bridgehead atoms. The van der Waals surface area contributed by atoms with Crippen LogP contribution >= 0.6 is 23.2 Å². The summed E-state index contributed by atoms with van der Waals surface area (Å²) in [6.45, 7) is 3.45. The van der Waals surface area contributed by atoms with Gasteiger partial charge in [0.25, 0.3) is 0 Å². The van der Waals surface area contributed by atoms with Crippen LogP contribution in [-0.4, -0.2) is 36.9 Å². The molecule has 0 aliphatic rings. The first-order chi connectivity index (χ1) is 7.17. The lowest BCUT2D eigenvalue weighted by molar-refractivity contribution is -0.158. The molecule has 0 aromatic rings. The molecule has 0 saturated heterocycles. The molecule has 0 amide bonds. The van der Waals surface area contributed by atoms with Crippen molar-refractivity contribution in [1.29, 1.82) is 0 Å². The van der Waals surface area contributed by atoms with Gasteiger partial charge < -0.3 is 9.47 Å². The highest BCUT2D eigenvalue weighted by atomic mass is 35.5. The number of ether oxygens (including phenoxy) is 2. The quantitative estimate of drug-likeness (QED) is 0.298. The third-order valence-corrected chi connectivity index (χ3v) is 1.70. The number of halogens is 2. The lowest BCUT2D eigenvalue weighted by atomic mass is 10.1. The molecule has 6 heteroatoms. The predicted octanol–water partition coefficient (Wildman–Crippen LogP) is 1.35. The van der Waals surface area contributed by atoms with Crippen LogP contribution in [0.15, 0.2) is 12.7 Å². The van der Waals surface area contributed by atoms with Crippen LogP contribution in [0.1, 0.15) is 0 Å². The molecule has 4 nitrogen and oxygen atoms in total. The molecule has 0 aliphatic carbocycles. The van der Waals surface area contributed by atoms with E-state index in [4.69, 9.17) is 23.2 Å². The molecule has 0 atom stereocenters. The summed E-state index contributed by atoms with van der Waals surface area (Å²) in [6.07, 6.45) is 1.16. The average molecular weight is 255 g/mol. The van der Waals surface area contributed by atoms with E-state index in [1.165, 1.54) is 0 Å². The number of hydrogen-bond donors (Lipinski definition) is 0. The van der Waals surface area contributed by atoms with Crippen molar-refractivity contribution >= 4 is 35.1 Å². The van der Waals surface area contributed by atoms with Crippen LogP contribution in [0.25, 0.3) is 0 Å². The molecule has 0 unspecified atom stereocenters. The van der Waals surface area contributed by atoms with Gasteiger partial charge in [0.2, 0.25) is 0 Å². The van der Waals surface area contributed by atoms with E-state index in [1.54, 1.807) is 0 Å². The zero-order valence-electron chi connectivity index (χ0n) is 8.08. The largest absolute Gasteiger partial charge is 0.464 e. The maximum absolute atomic E-state index is 11.3. The second-order valence-corrected chi connectivity index (χ2v) is 3.18. The second-order valence-electron chi connectivity index (χ2n) is 2.43.